The van der Waals surface area contributed by atoms with Crippen LogP contribution in [0, 0.1) is 0 Å². The van der Waals surface area contributed by atoms with Gasteiger partial charge in [0.05, 0.1) is 28.8 Å². The van der Waals surface area contributed by atoms with Crippen molar-refractivity contribution in [2.24, 2.45) is 0 Å². The summed E-state index contributed by atoms with van der Waals surface area (Å²) in [7, 11) is -1.18. The largest absolute Gasteiger partial charge is 0.481 e. The summed E-state index contributed by atoms with van der Waals surface area (Å²) in [6, 6.07) is 12.0. The van der Waals surface area contributed by atoms with Crippen molar-refractivity contribution < 1.29 is 26.3 Å². The van der Waals surface area contributed by atoms with Crippen molar-refractivity contribution in [3.05, 3.63) is 77.1 Å². The predicted molar refractivity (Wildman–Crippen MR) is 135 cm³/mol. The van der Waals surface area contributed by atoms with E-state index >= 15 is 0 Å². The lowest BCUT2D eigenvalue weighted by Crippen LogP contribution is -2.14. The Morgan fingerprint density at radius 3 is 2.50 bits per heavy atom. The number of alkyl halides is 3. The maximum absolute atomic E-state index is 13.4. The van der Waals surface area contributed by atoms with Crippen LogP contribution in [-0.2, 0) is 22.7 Å². The van der Waals surface area contributed by atoms with E-state index in [1.54, 1.807) is 37.4 Å². The molecule has 2 N–H and O–H groups in total. The van der Waals surface area contributed by atoms with E-state index in [0.29, 0.717) is 40.8 Å². The van der Waals surface area contributed by atoms with Gasteiger partial charge in [-0.15, -0.1) is 12.4 Å². The van der Waals surface area contributed by atoms with Crippen molar-refractivity contribution in [3.8, 4) is 5.88 Å². The number of nitrogens with zero attached hydrogens (tertiary/aromatic N) is 2. The minimum Gasteiger partial charge on any atom is -0.481 e. The molecule has 2 aromatic carbocycles. The number of pyridine rings is 1. The van der Waals surface area contributed by atoms with Crippen molar-refractivity contribution in [1.29, 1.82) is 0 Å². The van der Waals surface area contributed by atoms with E-state index in [2.05, 4.69) is 15.6 Å². The second kappa shape index (κ2) is 10.6. The van der Waals surface area contributed by atoms with E-state index in [-0.39, 0.29) is 23.1 Å². The Labute approximate surface area is 216 Å². The highest BCUT2D eigenvalue weighted by Crippen LogP contribution is 2.34. The van der Waals surface area contributed by atoms with E-state index in [1.807, 2.05) is 0 Å². The lowest BCUT2D eigenvalue weighted by Gasteiger charge is -2.12. The molecular formula is C23H21Cl2F3N4O3S. The monoisotopic (exact) mass is 560 g/mol. The Morgan fingerprint density at radius 1 is 1.11 bits per heavy atom. The molecule has 0 fully saturated rings. The van der Waals surface area contributed by atoms with E-state index < -0.39 is 26.7 Å². The summed E-state index contributed by atoms with van der Waals surface area (Å²) in [6.07, 6.45) is -3.27. The van der Waals surface area contributed by atoms with E-state index in [1.165, 1.54) is 13.3 Å². The number of hydrogen-bond donors (Lipinski definition) is 2. The summed E-state index contributed by atoms with van der Waals surface area (Å²) in [5.74, 6) is 0.328. The minimum atomic E-state index is -4.68. The van der Waals surface area contributed by atoms with Crippen LogP contribution in [-0.4, -0.2) is 31.5 Å². The quantitative estimate of drug-likeness (QED) is 0.276. The summed E-state index contributed by atoms with van der Waals surface area (Å²) >= 11 is 6.20. The third kappa shape index (κ3) is 5.39. The molecule has 0 aliphatic heterocycles. The van der Waals surface area contributed by atoms with Crippen molar-refractivity contribution in [2.45, 2.75) is 17.6 Å². The lowest BCUT2D eigenvalue weighted by molar-refractivity contribution is -0.137. The summed E-state index contributed by atoms with van der Waals surface area (Å²) in [6.45, 7) is 0.350. The van der Waals surface area contributed by atoms with Crippen LogP contribution in [0.1, 0.15) is 11.1 Å². The van der Waals surface area contributed by atoms with Gasteiger partial charge < -0.3 is 15.4 Å². The topological polar surface area (TPSA) is 85.2 Å². The number of halogens is 5. The molecule has 0 saturated carbocycles. The molecule has 13 heteroatoms. The van der Waals surface area contributed by atoms with E-state index in [0.717, 1.165) is 22.2 Å². The van der Waals surface area contributed by atoms with Gasteiger partial charge in [-0.05, 0) is 49.0 Å². The van der Waals surface area contributed by atoms with Crippen LogP contribution in [0.2, 0.25) is 5.15 Å². The van der Waals surface area contributed by atoms with Gasteiger partial charge in [0.15, 0.2) is 5.15 Å². The Bertz CT molecular complexity index is 1510. The van der Waals surface area contributed by atoms with Gasteiger partial charge in [-0.1, -0.05) is 23.7 Å². The molecule has 4 aromatic rings. The first-order valence-electron chi connectivity index (χ1n) is 10.2. The summed E-state index contributed by atoms with van der Waals surface area (Å²) in [5.41, 5.74) is 0.862. The van der Waals surface area contributed by atoms with Gasteiger partial charge in [-0.25, -0.2) is 12.4 Å². The van der Waals surface area contributed by atoms with Gasteiger partial charge in [-0.3, -0.25) is 0 Å². The van der Waals surface area contributed by atoms with Crippen molar-refractivity contribution >= 4 is 56.3 Å². The molecule has 0 amide bonds. The number of methoxy groups -OCH3 is 1. The highest BCUT2D eigenvalue weighted by molar-refractivity contribution is 7.90. The highest BCUT2D eigenvalue weighted by Gasteiger charge is 2.32. The SMILES string of the molecule is CNCc1cn(S(=O)(=O)c2cccc(C(F)(F)F)c2)c2cc(Nc3ccc(OC)nc3Cl)ccc12.Cl. The zero-order valence-corrected chi connectivity index (χ0v) is 21.3. The number of benzene rings is 2. The third-order valence-corrected chi connectivity index (χ3v) is 7.21. The Morgan fingerprint density at radius 2 is 1.86 bits per heavy atom. The molecule has 0 unspecified atom stereocenters. The normalized spacial score (nSPS) is 11.8. The molecule has 0 radical (unpaired) electrons. The lowest BCUT2D eigenvalue weighted by atomic mass is 10.1. The molecule has 0 aliphatic carbocycles. The van der Waals surface area contributed by atoms with Crippen molar-refractivity contribution in [3.63, 3.8) is 0 Å². The molecule has 7 nitrogen and oxygen atoms in total. The van der Waals surface area contributed by atoms with E-state index in [9.17, 15) is 21.6 Å². The molecular weight excluding hydrogens is 540 g/mol. The average molecular weight is 561 g/mol. The van der Waals surface area contributed by atoms with Crippen LogP contribution in [0.5, 0.6) is 5.88 Å². The Kier molecular flexibility index (Phi) is 8.09. The molecule has 4 rings (SSSR count). The second-order valence-corrected chi connectivity index (χ2v) is 9.73. The first kappa shape index (κ1) is 27.6. The van der Waals surface area contributed by atoms with Crippen LogP contribution in [0.3, 0.4) is 0 Å². The first-order chi connectivity index (χ1) is 16.5. The van der Waals surface area contributed by atoms with E-state index in [4.69, 9.17) is 16.3 Å². The van der Waals surface area contributed by atoms with Gasteiger partial charge in [0.25, 0.3) is 10.0 Å². The minimum absolute atomic E-state index is 0. The summed E-state index contributed by atoms with van der Waals surface area (Å²) in [4.78, 5) is 3.61. The smallest absolute Gasteiger partial charge is 0.416 e. The number of hydrogen-bond acceptors (Lipinski definition) is 6. The highest BCUT2D eigenvalue weighted by atomic mass is 35.5. The van der Waals surface area contributed by atoms with Gasteiger partial charge in [0.1, 0.15) is 0 Å². The molecule has 0 spiro atoms. The molecule has 0 bridgehead atoms. The second-order valence-electron chi connectivity index (χ2n) is 7.56. The molecule has 0 aliphatic rings. The number of fused-ring (bicyclic) bond motifs is 1. The predicted octanol–water partition coefficient (Wildman–Crippen LogP) is 5.84. The van der Waals surface area contributed by atoms with Gasteiger partial charge >= 0.3 is 6.18 Å². The first-order valence-corrected chi connectivity index (χ1v) is 12.1. The van der Waals surface area contributed by atoms with Crippen LogP contribution in [0.4, 0.5) is 24.5 Å². The zero-order chi connectivity index (χ0) is 25.4. The zero-order valence-electron chi connectivity index (χ0n) is 18.9. The summed E-state index contributed by atoms with van der Waals surface area (Å²) in [5, 5.41) is 6.82. The summed E-state index contributed by atoms with van der Waals surface area (Å²) < 4.78 is 72.6. The molecule has 0 atom stereocenters. The number of rotatable bonds is 7. The third-order valence-electron chi connectivity index (χ3n) is 5.25. The molecule has 2 heterocycles. The number of nitrogens with one attached hydrogen (secondary N) is 2. The maximum Gasteiger partial charge on any atom is 0.416 e. The van der Waals surface area contributed by atoms with Crippen LogP contribution < -0.4 is 15.4 Å². The van der Waals surface area contributed by atoms with Crippen LogP contribution in [0.15, 0.2) is 65.7 Å². The fourth-order valence-electron chi connectivity index (χ4n) is 3.60. The van der Waals surface area contributed by atoms with Crippen molar-refractivity contribution in [1.82, 2.24) is 14.3 Å². The Hall–Kier alpha value is -2.99. The van der Waals surface area contributed by atoms with Gasteiger partial charge in [0.2, 0.25) is 5.88 Å². The van der Waals surface area contributed by atoms with Crippen molar-refractivity contribution in [2.75, 3.05) is 19.5 Å². The molecule has 192 valence electrons. The number of anilines is 2. The molecule has 2 aromatic heterocycles. The number of aromatic nitrogens is 2. The van der Waals surface area contributed by atoms with Crippen LogP contribution >= 0.6 is 24.0 Å². The van der Waals surface area contributed by atoms with Crippen LogP contribution in [0.25, 0.3) is 10.9 Å². The molecule has 0 saturated heterocycles. The van der Waals surface area contributed by atoms with Gasteiger partial charge in [0, 0.05) is 29.9 Å². The average Bonchev–Trinajstić information content (AvgIpc) is 3.18. The Balaban J connectivity index is 0.00000361. The molecule has 36 heavy (non-hydrogen) atoms. The van der Waals surface area contributed by atoms with Gasteiger partial charge in [-0.2, -0.15) is 18.2 Å². The number of ether oxygens (including phenoxy) is 1. The fraction of sp³-hybridized carbons (Fsp3) is 0.174. The maximum atomic E-state index is 13.4. The standard InChI is InChI=1S/C23H20ClF3N4O3S.ClH/c1-28-12-14-13-31(35(32,33)17-5-3-4-15(10-17)23(25,26)27)20-11-16(6-7-18(14)20)29-19-8-9-21(34-2)30-22(19)24;/h3-11,13,28-29H,12H2,1-2H3;1H. The fourth-order valence-corrected chi connectivity index (χ4v) is 5.22.